The smallest absolute Gasteiger partial charge is 0.453 e. The molecule has 4 aromatic carbocycles. The summed E-state index contributed by atoms with van der Waals surface area (Å²) in [6.07, 6.45) is -4.96. The zero-order chi connectivity index (χ0) is 24.6. The van der Waals surface area contributed by atoms with E-state index in [9.17, 15) is 18.0 Å². The second-order valence-electron chi connectivity index (χ2n) is 7.77. The minimum atomic E-state index is -4.96. The first-order valence-corrected chi connectivity index (χ1v) is 10.9. The number of fused-ring (bicyclic) bond motifs is 2. The van der Waals surface area contributed by atoms with E-state index in [2.05, 4.69) is 0 Å². The molecule has 5 rings (SSSR count). The molecule has 0 N–H and O–H groups in total. The van der Waals surface area contributed by atoms with E-state index in [1.807, 2.05) is 12.1 Å². The molecule has 1 aromatic heterocycles. The van der Waals surface area contributed by atoms with Gasteiger partial charge in [0.15, 0.2) is 0 Å². The molecule has 0 spiro atoms. The number of hydrogen-bond donors (Lipinski definition) is 0. The molecule has 0 aliphatic carbocycles. The molecule has 0 atom stereocenters. The summed E-state index contributed by atoms with van der Waals surface area (Å²) >= 11 is 5.96. The standard InChI is InChI=1S/C27H16ClF3O4/c28-19-7-3-4-16(12-19)15-33-20-10-11-22-23(14-20)35-26(27(29,30)31)25(24(22)32)34-21-9-8-17-5-1-2-6-18(17)13-21/h1-14H,15H2. The Morgan fingerprint density at radius 1 is 0.829 bits per heavy atom. The van der Waals surface area contributed by atoms with Gasteiger partial charge in [-0.25, -0.2) is 0 Å². The van der Waals surface area contributed by atoms with Gasteiger partial charge in [-0.1, -0.05) is 54.1 Å². The first-order chi connectivity index (χ1) is 16.8. The third-order valence-corrected chi connectivity index (χ3v) is 5.55. The lowest BCUT2D eigenvalue weighted by atomic mass is 10.1. The van der Waals surface area contributed by atoms with Gasteiger partial charge in [-0.15, -0.1) is 0 Å². The predicted octanol–water partition coefficient (Wildman–Crippen LogP) is 7.99. The molecule has 1 heterocycles. The molecule has 0 unspecified atom stereocenters. The molecule has 35 heavy (non-hydrogen) atoms. The Kier molecular flexibility index (Phi) is 5.86. The van der Waals surface area contributed by atoms with Crippen LogP contribution in [0.2, 0.25) is 5.02 Å². The van der Waals surface area contributed by atoms with Crippen LogP contribution in [0.15, 0.2) is 94.1 Å². The first-order valence-electron chi connectivity index (χ1n) is 10.5. The molecule has 0 aliphatic heterocycles. The van der Waals surface area contributed by atoms with E-state index in [1.165, 1.54) is 24.3 Å². The van der Waals surface area contributed by atoms with Gasteiger partial charge in [0.2, 0.25) is 11.2 Å². The van der Waals surface area contributed by atoms with Crippen LogP contribution in [0.3, 0.4) is 0 Å². The molecular weight excluding hydrogens is 481 g/mol. The normalized spacial score (nSPS) is 11.7. The van der Waals surface area contributed by atoms with Crippen molar-refractivity contribution in [1.29, 1.82) is 0 Å². The molecule has 0 aliphatic rings. The highest BCUT2D eigenvalue weighted by Gasteiger charge is 2.40. The zero-order valence-electron chi connectivity index (χ0n) is 17.9. The minimum absolute atomic E-state index is 0.0658. The van der Waals surface area contributed by atoms with Gasteiger partial charge in [0.05, 0.1) is 5.39 Å². The van der Waals surface area contributed by atoms with Gasteiger partial charge < -0.3 is 13.9 Å². The Balaban J connectivity index is 1.52. The van der Waals surface area contributed by atoms with E-state index in [1.54, 1.807) is 48.5 Å². The molecule has 0 saturated carbocycles. The molecular formula is C27H16ClF3O4. The van der Waals surface area contributed by atoms with Gasteiger partial charge in [0.1, 0.15) is 23.7 Å². The summed E-state index contributed by atoms with van der Waals surface area (Å²) in [6, 6.07) is 23.1. The van der Waals surface area contributed by atoms with Crippen molar-refractivity contribution in [3.8, 4) is 17.2 Å². The fourth-order valence-electron chi connectivity index (χ4n) is 3.67. The van der Waals surface area contributed by atoms with E-state index in [4.69, 9.17) is 25.5 Å². The quantitative estimate of drug-likeness (QED) is 0.247. The van der Waals surface area contributed by atoms with Crippen LogP contribution in [-0.4, -0.2) is 0 Å². The van der Waals surface area contributed by atoms with Gasteiger partial charge in [-0.05, 0) is 52.7 Å². The maximum atomic E-state index is 13.9. The molecule has 0 saturated heterocycles. The maximum absolute atomic E-state index is 13.9. The van der Waals surface area contributed by atoms with Gasteiger partial charge in [0, 0.05) is 11.1 Å². The van der Waals surface area contributed by atoms with Crippen molar-refractivity contribution in [3.63, 3.8) is 0 Å². The predicted molar refractivity (Wildman–Crippen MR) is 127 cm³/mol. The zero-order valence-corrected chi connectivity index (χ0v) is 18.7. The summed E-state index contributed by atoms with van der Waals surface area (Å²) in [4.78, 5) is 13.1. The Morgan fingerprint density at radius 2 is 1.60 bits per heavy atom. The first kappa shape index (κ1) is 22.8. The molecule has 0 radical (unpaired) electrons. The highest BCUT2D eigenvalue weighted by atomic mass is 35.5. The van der Waals surface area contributed by atoms with Crippen molar-refractivity contribution in [2.75, 3.05) is 0 Å². The minimum Gasteiger partial charge on any atom is -0.489 e. The van der Waals surface area contributed by atoms with Gasteiger partial charge in [0.25, 0.3) is 5.76 Å². The van der Waals surface area contributed by atoms with Crippen LogP contribution in [-0.2, 0) is 12.8 Å². The number of benzene rings is 4. The average molecular weight is 497 g/mol. The summed E-state index contributed by atoms with van der Waals surface area (Å²) in [5.41, 5.74) is -0.431. The molecule has 0 bridgehead atoms. The molecule has 0 fully saturated rings. The fourth-order valence-corrected chi connectivity index (χ4v) is 3.88. The second kappa shape index (κ2) is 9.00. The van der Waals surface area contributed by atoms with Crippen LogP contribution in [0.4, 0.5) is 13.2 Å². The van der Waals surface area contributed by atoms with Gasteiger partial charge in [-0.2, -0.15) is 13.2 Å². The summed E-state index contributed by atoms with van der Waals surface area (Å²) < 4.78 is 57.9. The fraction of sp³-hybridized carbons (Fsp3) is 0.0741. The summed E-state index contributed by atoms with van der Waals surface area (Å²) in [7, 11) is 0. The lowest BCUT2D eigenvalue weighted by molar-refractivity contribution is -0.154. The summed E-state index contributed by atoms with van der Waals surface area (Å²) in [5, 5.41) is 2.10. The van der Waals surface area contributed by atoms with Crippen LogP contribution >= 0.6 is 11.6 Å². The highest BCUT2D eigenvalue weighted by molar-refractivity contribution is 6.30. The second-order valence-corrected chi connectivity index (χ2v) is 8.21. The van der Waals surface area contributed by atoms with Crippen molar-refractivity contribution in [1.82, 2.24) is 0 Å². The third kappa shape index (κ3) is 4.81. The molecule has 176 valence electrons. The monoisotopic (exact) mass is 496 g/mol. The average Bonchev–Trinajstić information content (AvgIpc) is 2.83. The molecule has 0 amide bonds. The van der Waals surface area contributed by atoms with E-state index >= 15 is 0 Å². The lowest BCUT2D eigenvalue weighted by Crippen LogP contribution is -2.15. The third-order valence-electron chi connectivity index (χ3n) is 5.32. The largest absolute Gasteiger partial charge is 0.489 e. The number of hydrogen-bond acceptors (Lipinski definition) is 4. The Bertz CT molecular complexity index is 1610. The van der Waals surface area contributed by atoms with E-state index in [0.29, 0.717) is 5.02 Å². The molecule has 8 heteroatoms. The van der Waals surface area contributed by atoms with Crippen molar-refractivity contribution in [3.05, 3.63) is 111 Å². The SMILES string of the molecule is O=c1c(Oc2ccc3ccccc3c2)c(C(F)(F)F)oc2cc(OCc3cccc(Cl)c3)ccc12. The van der Waals surface area contributed by atoms with Crippen molar-refractivity contribution < 1.29 is 27.1 Å². The van der Waals surface area contributed by atoms with Gasteiger partial charge >= 0.3 is 6.18 Å². The van der Waals surface area contributed by atoms with Crippen LogP contribution < -0.4 is 14.9 Å². The van der Waals surface area contributed by atoms with Gasteiger partial charge in [-0.3, -0.25) is 4.79 Å². The Labute approximate surface area is 202 Å². The number of alkyl halides is 3. The lowest BCUT2D eigenvalue weighted by Gasteiger charge is -2.14. The van der Waals surface area contributed by atoms with E-state index in [0.717, 1.165) is 16.3 Å². The van der Waals surface area contributed by atoms with Crippen LogP contribution in [0, 0.1) is 0 Å². The topological polar surface area (TPSA) is 48.7 Å². The van der Waals surface area contributed by atoms with E-state index in [-0.39, 0.29) is 29.1 Å². The summed E-state index contributed by atoms with van der Waals surface area (Å²) in [5.74, 6) is -2.12. The molecule has 4 nitrogen and oxygen atoms in total. The Hall–Kier alpha value is -3.97. The number of halogens is 4. The van der Waals surface area contributed by atoms with Crippen molar-refractivity contribution in [2.45, 2.75) is 12.8 Å². The Morgan fingerprint density at radius 3 is 2.37 bits per heavy atom. The van der Waals surface area contributed by atoms with Crippen LogP contribution in [0.25, 0.3) is 21.7 Å². The van der Waals surface area contributed by atoms with E-state index < -0.39 is 23.1 Å². The van der Waals surface area contributed by atoms with Crippen LogP contribution in [0.5, 0.6) is 17.2 Å². The molecule has 5 aromatic rings. The number of rotatable bonds is 5. The number of ether oxygens (including phenoxy) is 2. The highest BCUT2D eigenvalue weighted by Crippen LogP contribution is 2.39. The van der Waals surface area contributed by atoms with Crippen molar-refractivity contribution in [2.24, 2.45) is 0 Å². The summed E-state index contributed by atoms with van der Waals surface area (Å²) in [6.45, 7) is 0.131. The van der Waals surface area contributed by atoms with Crippen molar-refractivity contribution >= 4 is 33.3 Å². The van der Waals surface area contributed by atoms with Crippen LogP contribution in [0.1, 0.15) is 11.3 Å². The maximum Gasteiger partial charge on any atom is 0.453 e.